The zero-order chi connectivity index (χ0) is 14.5. The summed E-state index contributed by atoms with van der Waals surface area (Å²) in [5, 5.41) is 0. The van der Waals surface area contributed by atoms with Crippen LogP contribution in [0.1, 0.15) is 33.0 Å². The predicted octanol–water partition coefficient (Wildman–Crippen LogP) is 1.08. The quantitative estimate of drug-likeness (QED) is 0.601. The van der Waals surface area contributed by atoms with E-state index in [4.69, 9.17) is 10.6 Å². The van der Waals surface area contributed by atoms with Crippen molar-refractivity contribution in [1.29, 1.82) is 0 Å². The Morgan fingerprint density at radius 1 is 1.35 bits per heavy atom. The molecule has 0 radical (unpaired) electrons. The molecule has 0 aliphatic carbocycles. The summed E-state index contributed by atoms with van der Waals surface area (Å²) >= 11 is 0. The number of nitrogens with one attached hydrogen (secondary N) is 1. The Balaban J connectivity index is 2.41. The van der Waals surface area contributed by atoms with Crippen molar-refractivity contribution in [1.82, 2.24) is 24.5 Å². The molecule has 2 aromatic heterocycles. The van der Waals surface area contributed by atoms with Crippen LogP contribution in [0.5, 0.6) is 6.01 Å². The van der Waals surface area contributed by atoms with E-state index in [9.17, 15) is 0 Å². The van der Waals surface area contributed by atoms with Crippen LogP contribution in [0.2, 0.25) is 0 Å². The van der Waals surface area contributed by atoms with E-state index in [1.165, 1.54) is 0 Å². The zero-order valence-electron chi connectivity index (χ0n) is 11.9. The minimum atomic E-state index is -0.0335. The Bertz CT molecular complexity index is 567. The molecule has 20 heavy (non-hydrogen) atoms. The van der Waals surface area contributed by atoms with Crippen molar-refractivity contribution in [3.8, 4) is 12.0 Å². The van der Waals surface area contributed by atoms with Gasteiger partial charge >= 0.3 is 6.01 Å². The lowest BCUT2D eigenvalue weighted by molar-refractivity contribution is 0.221. The maximum Gasteiger partial charge on any atom is 0.323 e. The number of anilines is 1. The van der Waals surface area contributed by atoms with Gasteiger partial charge in [-0.3, -0.25) is 9.99 Å². The molecule has 8 heteroatoms. The summed E-state index contributed by atoms with van der Waals surface area (Å²) in [7, 11) is 0. The number of rotatable bonds is 6. The number of nitrogens with two attached hydrogens (primary N) is 1. The Kier molecular flexibility index (Phi) is 4.46. The molecule has 0 fully saturated rings. The first-order valence-electron chi connectivity index (χ1n) is 6.56. The first-order chi connectivity index (χ1) is 9.63. The van der Waals surface area contributed by atoms with Gasteiger partial charge in [-0.05, 0) is 20.3 Å². The molecule has 2 rings (SSSR count). The number of hydrazine groups is 1. The van der Waals surface area contributed by atoms with Crippen LogP contribution in [-0.2, 0) is 6.42 Å². The maximum absolute atomic E-state index is 5.50. The highest BCUT2D eigenvalue weighted by molar-refractivity contribution is 5.29. The van der Waals surface area contributed by atoms with Crippen LogP contribution < -0.4 is 16.0 Å². The van der Waals surface area contributed by atoms with Crippen molar-refractivity contribution >= 4 is 5.95 Å². The van der Waals surface area contributed by atoms with Crippen LogP contribution in [-0.4, -0.2) is 30.6 Å². The number of imidazole rings is 1. The van der Waals surface area contributed by atoms with Crippen LogP contribution in [0.4, 0.5) is 5.95 Å². The van der Waals surface area contributed by atoms with Crippen molar-refractivity contribution in [2.45, 2.75) is 39.7 Å². The molecule has 8 nitrogen and oxygen atoms in total. The fraction of sp³-hybridized carbons (Fsp3) is 0.500. The number of aryl methyl sites for hydroxylation is 1. The Hall–Kier alpha value is -2.22. The summed E-state index contributed by atoms with van der Waals surface area (Å²) in [6.45, 7) is 5.89. The van der Waals surface area contributed by atoms with E-state index in [1.807, 2.05) is 13.8 Å². The van der Waals surface area contributed by atoms with Crippen molar-refractivity contribution in [2.24, 2.45) is 5.84 Å². The van der Waals surface area contributed by atoms with Gasteiger partial charge < -0.3 is 4.74 Å². The number of nitrogens with zero attached hydrogens (tertiary/aromatic N) is 5. The Morgan fingerprint density at radius 3 is 2.80 bits per heavy atom. The number of ether oxygens (including phenoxy) is 1. The number of nitrogen functional groups attached to an aromatic ring is 1. The molecule has 2 aromatic rings. The predicted molar refractivity (Wildman–Crippen MR) is 74.5 cm³/mol. The van der Waals surface area contributed by atoms with E-state index in [0.29, 0.717) is 5.95 Å². The van der Waals surface area contributed by atoms with Crippen LogP contribution in [0.3, 0.4) is 0 Å². The largest absolute Gasteiger partial charge is 0.461 e. The lowest BCUT2D eigenvalue weighted by atomic mass is 10.3. The minimum Gasteiger partial charge on any atom is -0.461 e. The zero-order valence-corrected chi connectivity index (χ0v) is 11.9. The summed E-state index contributed by atoms with van der Waals surface area (Å²) in [5.41, 5.74) is 2.42. The van der Waals surface area contributed by atoms with Gasteiger partial charge in [0.1, 0.15) is 5.82 Å². The second kappa shape index (κ2) is 6.29. The molecular weight excluding hydrogens is 258 g/mol. The summed E-state index contributed by atoms with van der Waals surface area (Å²) in [6, 6.07) is 0.231. The lowest BCUT2D eigenvalue weighted by Gasteiger charge is -2.11. The van der Waals surface area contributed by atoms with Gasteiger partial charge in [-0.2, -0.15) is 15.0 Å². The highest BCUT2D eigenvalue weighted by atomic mass is 16.5. The molecule has 3 N–H and O–H groups in total. The topological polar surface area (TPSA) is 104 Å². The fourth-order valence-electron chi connectivity index (χ4n) is 1.71. The van der Waals surface area contributed by atoms with E-state index in [1.54, 1.807) is 17.0 Å². The monoisotopic (exact) mass is 277 g/mol. The molecule has 2 heterocycles. The summed E-state index contributed by atoms with van der Waals surface area (Å²) in [5.74, 6) is 6.96. The molecular formula is C12H19N7O. The first kappa shape index (κ1) is 14.2. The molecule has 0 saturated heterocycles. The van der Waals surface area contributed by atoms with E-state index in [2.05, 4.69) is 32.3 Å². The van der Waals surface area contributed by atoms with Gasteiger partial charge in [0.25, 0.3) is 0 Å². The van der Waals surface area contributed by atoms with Crippen molar-refractivity contribution < 1.29 is 4.74 Å². The molecule has 0 aliphatic rings. The molecule has 0 spiro atoms. The highest BCUT2D eigenvalue weighted by Crippen LogP contribution is 2.14. The standard InChI is InChI=1S/C12H19N7O/c1-4-5-9-14-6-7-19(9)11-15-10(18-13)16-12(17-11)20-8(2)3/h6-8H,4-5,13H2,1-3H3,(H,15,16,17,18). The molecule has 0 amide bonds. The van der Waals surface area contributed by atoms with Gasteiger partial charge in [0.2, 0.25) is 11.9 Å². The third-order valence-electron chi connectivity index (χ3n) is 2.48. The molecule has 0 atom stereocenters. The number of aromatic nitrogens is 5. The third kappa shape index (κ3) is 3.21. The van der Waals surface area contributed by atoms with Gasteiger partial charge in [0.05, 0.1) is 6.10 Å². The average Bonchev–Trinajstić information content (AvgIpc) is 2.86. The van der Waals surface area contributed by atoms with Crippen molar-refractivity contribution in [2.75, 3.05) is 5.43 Å². The SMILES string of the molecule is CCCc1nccn1-c1nc(NN)nc(OC(C)C)n1. The van der Waals surface area contributed by atoms with Crippen LogP contribution in [0.15, 0.2) is 12.4 Å². The van der Waals surface area contributed by atoms with Gasteiger partial charge in [0.15, 0.2) is 0 Å². The summed E-state index contributed by atoms with van der Waals surface area (Å²) in [6.07, 6.45) is 5.31. The van der Waals surface area contributed by atoms with E-state index < -0.39 is 0 Å². The molecule has 0 unspecified atom stereocenters. The summed E-state index contributed by atoms with van der Waals surface area (Å²) in [4.78, 5) is 16.9. The van der Waals surface area contributed by atoms with Gasteiger partial charge in [-0.25, -0.2) is 10.8 Å². The highest BCUT2D eigenvalue weighted by Gasteiger charge is 2.12. The van der Waals surface area contributed by atoms with Gasteiger partial charge in [-0.1, -0.05) is 6.92 Å². The van der Waals surface area contributed by atoms with Gasteiger partial charge in [0, 0.05) is 18.8 Å². The van der Waals surface area contributed by atoms with E-state index >= 15 is 0 Å². The minimum absolute atomic E-state index is 0.0335. The molecule has 0 aliphatic heterocycles. The van der Waals surface area contributed by atoms with E-state index in [-0.39, 0.29) is 18.1 Å². The maximum atomic E-state index is 5.50. The molecule has 0 saturated carbocycles. The van der Waals surface area contributed by atoms with Crippen molar-refractivity contribution in [3.05, 3.63) is 18.2 Å². The second-order valence-electron chi connectivity index (χ2n) is 4.52. The van der Waals surface area contributed by atoms with Crippen LogP contribution >= 0.6 is 0 Å². The Labute approximate surface area is 117 Å². The van der Waals surface area contributed by atoms with E-state index in [0.717, 1.165) is 18.7 Å². The molecule has 0 aromatic carbocycles. The molecule has 108 valence electrons. The number of hydrogen-bond acceptors (Lipinski definition) is 7. The average molecular weight is 277 g/mol. The normalized spacial score (nSPS) is 10.8. The van der Waals surface area contributed by atoms with Crippen LogP contribution in [0, 0.1) is 0 Å². The molecule has 0 bridgehead atoms. The third-order valence-corrected chi connectivity index (χ3v) is 2.48. The second-order valence-corrected chi connectivity index (χ2v) is 4.52. The van der Waals surface area contributed by atoms with Crippen molar-refractivity contribution in [3.63, 3.8) is 0 Å². The van der Waals surface area contributed by atoms with Gasteiger partial charge in [-0.15, -0.1) is 0 Å². The fourth-order valence-corrected chi connectivity index (χ4v) is 1.71. The first-order valence-corrected chi connectivity index (χ1v) is 6.56. The lowest BCUT2D eigenvalue weighted by Crippen LogP contribution is -2.17. The summed E-state index contributed by atoms with van der Waals surface area (Å²) < 4.78 is 7.31. The van der Waals surface area contributed by atoms with Crippen LogP contribution in [0.25, 0.3) is 5.95 Å². The number of hydrogen-bond donors (Lipinski definition) is 2. The smallest absolute Gasteiger partial charge is 0.323 e. The Morgan fingerprint density at radius 2 is 2.15 bits per heavy atom.